The molecule has 1 aliphatic carbocycles. The van der Waals surface area contributed by atoms with Crippen molar-refractivity contribution in [2.24, 2.45) is 17.2 Å². The highest BCUT2D eigenvalue weighted by molar-refractivity contribution is 4.97. The molecule has 7 nitrogen and oxygen atoms in total. The van der Waals surface area contributed by atoms with Crippen LogP contribution in [0.1, 0.15) is 32.6 Å². The number of rotatable bonds is 3. The molecular formula is C13H27N3O4. The molecule has 1 saturated heterocycles. The Hall–Kier alpha value is -0.280. The second kappa shape index (κ2) is 6.65. The Morgan fingerprint density at radius 3 is 2.50 bits per heavy atom. The van der Waals surface area contributed by atoms with Gasteiger partial charge in [-0.15, -0.1) is 0 Å². The fourth-order valence-corrected chi connectivity index (χ4v) is 2.95. The van der Waals surface area contributed by atoms with Crippen LogP contribution in [0.5, 0.6) is 0 Å². The lowest BCUT2D eigenvalue weighted by atomic mass is 9.84. The van der Waals surface area contributed by atoms with Gasteiger partial charge in [-0.1, -0.05) is 0 Å². The van der Waals surface area contributed by atoms with Gasteiger partial charge >= 0.3 is 0 Å². The van der Waals surface area contributed by atoms with Gasteiger partial charge in [-0.25, -0.2) is 0 Å². The Bertz CT molecular complexity index is 318. The summed E-state index contributed by atoms with van der Waals surface area (Å²) in [6.45, 7) is 1.90. The summed E-state index contributed by atoms with van der Waals surface area (Å²) in [5.41, 5.74) is 17.5. The molecule has 1 saturated carbocycles. The zero-order valence-corrected chi connectivity index (χ0v) is 11.9. The van der Waals surface area contributed by atoms with E-state index in [0.29, 0.717) is 6.42 Å². The molecule has 8 atom stereocenters. The Balaban J connectivity index is 1.94. The summed E-state index contributed by atoms with van der Waals surface area (Å²) in [5.74, 6) is 0. The first kappa shape index (κ1) is 16.1. The number of hydrogen-bond donors (Lipinski definition) is 5. The van der Waals surface area contributed by atoms with Gasteiger partial charge < -0.3 is 36.9 Å². The van der Waals surface area contributed by atoms with Crippen molar-refractivity contribution in [3.8, 4) is 0 Å². The van der Waals surface area contributed by atoms with Gasteiger partial charge in [0.05, 0.1) is 12.2 Å². The lowest BCUT2D eigenvalue weighted by Gasteiger charge is -2.42. The summed E-state index contributed by atoms with van der Waals surface area (Å²) >= 11 is 0. The van der Waals surface area contributed by atoms with Crippen molar-refractivity contribution in [3.63, 3.8) is 0 Å². The second-order valence-corrected chi connectivity index (χ2v) is 6.04. The number of aliphatic hydroxyl groups excluding tert-OH is 2. The smallest absolute Gasteiger partial charge is 0.158 e. The molecule has 1 heterocycles. The third-order valence-corrected chi connectivity index (χ3v) is 4.24. The topological polar surface area (TPSA) is 137 Å². The maximum Gasteiger partial charge on any atom is 0.158 e. The van der Waals surface area contributed by atoms with E-state index < -0.39 is 36.7 Å². The molecule has 20 heavy (non-hydrogen) atoms. The van der Waals surface area contributed by atoms with Crippen molar-refractivity contribution in [2.75, 3.05) is 0 Å². The van der Waals surface area contributed by atoms with Crippen LogP contribution < -0.4 is 17.2 Å². The van der Waals surface area contributed by atoms with Crippen LogP contribution in [0.25, 0.3) is 0 Å². The minimum Gasteiger partial charge on any atom is -0.389 e. The minimum absolute atomic E-state index is 0.0436. The highest BCUT2D eigenvalue weighted by Crippen LogP contribution is 2.27. The van der Waals surface area contributed by atoms with Gasteiger partial charge in [0.25, 0.3) is 0 Å². The van der Waals surface area contributed by atoms with Crippen LogP contribution >= 0.6 is 0 Å². The fourth-order valence-electron chi connectivity index (χ4n) is 2.95. The summed E-state index contributed by atoms with van der Waals surface area (Å²) in [6, 6.07) is -1.00. The van der Waals surface area contributed by atoms with Crippen LogP contribution in [-0.4, -0.2) is 59.0 Å². The average molecular weight is 289 g/mol. The van der Waals surface area contributed by atoms with Gasteiger partial charge in [0.15, 0.2) is 6.29 Å². The Kier molecular flexibility index (Phi) is 5.36. The molecular weight excluding hydrogens is 262 g/mol. The Morgan fingerprint density at radius 2 is 1.85 bits per heavy atom. The van der Waals surface area contributed by atoms with Crippen molar-refractivity contribution < 1.29 is 19.7 Å². The molecule has 0 aromatic carbocycles. The maximum absolute atomic E-state index is 10.1. The molecule has 0 amide bonds. The SMILES string of the molecule is C[C@@H](N)[C@@H]1CCC[C@@H](O[C@H]2[C@H](O)[C@@H](O)[C@H](N)C[C@@H]2N)O1. The molecule has 7 heteroatoms. The summed E-state index contributed by atoms with van der Waals surface area (Å²) < 4.78 is 11.6. The van der Waals surface area contributed by atoms with Gasteiger partial charge in [0.2, 0.25) is 0 Å². The normalized spacial score (nSPS) is 48.0. The third kappa shape index (κ3) is 3.48. The van der Waals surface area contributed by atoms with E-state index in [2.05, 4.69) is 0 Å². The predicted octanol–water partition coefficient (Wildman–Crippen LogP) is -1.61. The first-order valence-corrected chi connectivity index (χ1v) is 7.34. The van der Waals surface area contributed by atoms with E-state index in [1.807, 2.05) is 6.92 Å². The maximum atomic E-state index is 10.1. The highest BCUT2D eigenvalue weighted by atomic mass is 16.7. The summed E-state index contributed by atoms with van der Waals surface area (Å²) in [5, 5.41) is 19.9. The standard InChI is InChI=1S/C13H27N3O4/c1-6(14)9-3-2-4-10(19-9)20-13-8(16)5-7(15)11(17)12(13)18/h6-13,17-18H,2-5,14-16H2,1H3/t6-,7-,8+,9+,10-,11+,12-,13-/m1/s1. The quantitative estimate of drug-likeness (QED) is 0.421. The lowest BCUT2D eigenvalue weighted by Crippen LogP contribution is -2.62. The zero-order valence-electron chi connectivity index (χ0n) is 11.9. The number of nitrogens with two attached hydrogens (primary N) is 3. The summed E-state index contributed by atoms with van der Waals surface area (Å²) in [6.07, 6.45) is -0.248. The molecule has 8 N–H and O–H groups in total. The van der Waals surface area contributed by atoms with E-state index >= 15 is 0 Å². The molecule has 2 rings (SSSR count). The van der Waals surface area contributed by atoms with E-state index in [1.54, 1.807) is 0 Å². The lowest BCUT2D eigenvalue weighted by molar-refractivity contribution is -0.249. The van der Waals surface area contributed by atoms with Crippen molar-refractivity contribution in [1.29, 1.82) is 0 Å². The minimum atomic E-state index is -1.09. The van der Waals surface area contributed by atoms with Crippen molar-refractivity contribution in [3.05, 3.63) is 0 Å². The van der Waals surface area contributed by atoms with Gasteiger partial charge in [-0.05, 0) is 32.6 Å². The molecule has 1 aliphatic heterocycles. The average Bonchev–Trinajstić information content (AvgIpc) is 2.41. The van der Waals surface area contributed by atoms with Crippen molar-refractivity contribution in [1.82, 2.24) is 0 Å². The van der Waals surface area contributed by atoms with Crippen LogP contribution in [0.3, 0.4) is 0 Å². The molecule has 0 aromatic heterocycles. The molecule has 118 valence electrons. The van der Waals surface area contributed by atoms with E-state index in [9.17, 15) is 10.2 Å². The van der Waals surface area contributed by atoms with Gasteiger partial charge in [0, 0.05) is 18.1 Å². The molecule has 2 fully saturated rings. The summed E-state index contributed by atoms with van der Waals surface area (Å²) in [7, 11) is 0. The van der Waals surface area contributed by atoms with Crippen LogP contribution in [0.15, 0.2) is 0 Å². The van der Waals surface area contributed by atoms with E-state index in [4.69, 9.17) is 26.7 Å². The first-order valence-electron chi connectivity index (χ1n) is 7.34. The van der Waals surface area contributed by atoms with Crippen LogP contribution in [0.2, 0.25) is 0 Å². The van der Waals surface area contributed by atoms with Gasteiger partial charge in [-0.2, -0.15) is 0 Å². The van der Waals surface area contributed by atoms with Crippen LogP contribution in [0, 0.1) is 0 Å². The number of aliphatic hydroxyl groups is 2. The van der Waals surface area contributed by atoms with Crippen LogP contribution in [0.4, 0.5) is 0 Å². The molecule has 0 radical (unpaired) electrons. The number of hydrogen-bond acceptors (Lipinski definition) is 7. The fraction of sp³-hybridized carbons (Fsp3) is 1.00. The largest absolute Gasteiger partial charge is 0.389 e. The third-order valence-electron chi connectivity index (χ3n) is 4.24. The zero-order chi connectivity index (χ0) is 14.9. The van der Waals surface area contributed by atoms with E-state index in [0.717, 1.165) is 19.3 Å². The number of ether oxygens (including phenoxy) is 2. The van der Waals surface area contributed by atoms with Crippen molar-refractivity contribution in [2.45, 2.75) is 81.4 Å². The molecule has 2 aliphatic rings. The van der Waals surface area contributed by atoms with Crippen molar-refractivity contribution >= 4 is 0 Å². The Morgan fingerprint density at radius 1 is 1.15 bits per heavy atom. The molecule has 0 unspecified atom stereocenters. The van der Waals surface area contributed by atoms with Gasteiger partial charge in [0.1, 0.15) is 12.2 Å². The van der Waals surface area contributed by atoms with Crippen LogP contribution in [-0.2, 0) is 9.47 Å². The predicted molar refractivity (Wildman–Crippen MR) is 73.6 cm³/mol. The Labute approximate surface area is 119 Å². The second-order valence-electron chi connectivity index (χ2n) is 6.04. The monoisotopic (exact) mass is 289 g/mol. The van der Waals surface area contributed by atoms with Gasteiger partial charge in [-0.3, -0.25) is 0 Å². The van der Waals surface area contributed by atoms with E-state index in [-0.39, 0.29) is 12.1 Å². The van der Waals surface area contributed by atoms with E-state index in [1.165, 1.54) is 0 Å². The molecule has 0 bridgehead atoms. The molecule has 0 aromatic rings. The summed E-state index contributed by atoms with van der Waals surface area (Å²) in [4.78, 5) is 0. The first-order chi connectivity index (χ1) is 9.40. The highest BCUT2D eigenvalue weighted by Gasteiger charge is 2.43. The molecule has 0 spiro atoms.